The van der Waals surface area contributed by atoms with Crippen LogP contribution < -0.4 is 0 Å². The van der Waals surface area contributed by atoms with Crippen LogP contribution in [0.1, 0.15) is 41.4 Å². The average Bonchev–Trinajstić information content (AvgIpc) is 2.36. The van der Waals surface area contributed by atoms with Crippen molar-refractivity contribution in [1.29, 1.82) is 0 Å². The molecule has 0 saturated carbocycles. The number of benzene rings is 1. The Balaban J connectivity index is 3.61. The van der Waals surface area contributed by atoms with Crippen LogP contribution >= 0.6 is 0 Å². The summed E-state index contributed by atoms with van der Waals surface area (Å²) in [6.45, 7) is 0. The number of aromatic carboxylic acids is 3. The number of carbonyl (C=O) groups is 4. The lowest BCUT2D eigenvalue weighted by molar-refractivity contribution is -0.216. The highest BCUT2D eigenvalue weighted by atomic mass is 17.2. The van der Waals surface area contributed by atoms with Crippen LogP contribution in [-0.2, 0) is 9.78 Å². The van der Waals surface area contributed by atoms with E-state index in [1.54, 1.807) is 0 Å². The van der Waals surface area contributed by atoms with E-state index in [-0.39, 0.29) is 0 Å². The fourth-order valence-electron chi connectivity index (χ4n) is 1.42. The summed E-state index contributed by atoms with van der Waals surface area (Å²) in [7, 11) is 0.988. The summed E-state index contributed by atoms with van der Waals surface area (Å²) in [4.78, 5) is 52.5. The zero-order chi connectivity index (χ0) is 15.4. The molecule has 0 unspecified atom stereocenters. The Labute approximate surface area is 110 Å². The van der Waals surface area contributed by atoms with Gasteiger partial charge in [0.05, 0.1) is 29.4 Å². The van der Waals surface area contributed by atoms with Gasteiger partial charge in [-0.15, -0.1) is 0 Å². The summed E-state index contributed by atoms with van der Waals surface area (Å²) < 4.78 is 0. The van der Waals surface area contributed by atoms with Crippen LogP contribution in [0.3, 0.4) is 0 Å². The Hall–Kier alpha value is -2.94. The summed E-state index contributed by atoms with van der Waals surface area (Å²) in [6.07, 6.45) is 0. The second-order valence-corrected chi connectivity index (χ2v) is 3.40. The van der Waals surface area contributed by atoms with E-state index in [9.17, 15) is 19.2 Å². The SMILES string of the molecule is COOC(=O)c1cc(C(=O)O)c(C(=O)O)cc1C(=O)O. The molecule has 0 amide bonds. The predicted molar refractivity (Wildman–Crippen MR) is 59.7 cm³/mol. The molecule has 0 aliphatic heterocycles. The van der Waals surface area contributed by atoms with Crippen molar-refractivity contribution in [1.82, 2.24) is 0 Å². The van der Waals surface area contributed by atoms with E-state index in [1.165, 1.54) is 0 Å². The van der Waals surface area contributed by atoms with Gasteiger partial charge in [-0.25, -0.2) is 19.2 Å². The first kappa shape index (κ1) is 15.1. The smallest absolute Gasteiger partial charge is 0.373 e. The molecule has 20 heavy (non-hydrogen) atoms. The van der Waals surface area contributed by atoms with Gasteiger partial charge in [-0.2, -0.15) is 4.89 Å². The molecule has 3 N–H and O–H groups in total. The molecule has 0 spiro atoms. The molecule has 0 saturated heterocycles. The van der Waals surface area contributed by atoms with Crippen LogP contribution in [0.25, 0.3) is 0 Å². The Bertz CT molecular complexity index is 602. The predicted octanol–water partition coefficient (Wildman–Crippen LogP) is 0.499. The van der Waals surface area contributed by atoms with Gasteiger partial charge in [0.15, 0.2) is 0 Å². The van der Waals surface area contributed by atoms with E-state index < -0.39 is 46.1 Å². The Morgan fingerprint density at radius 3 is 1.50 bits per heavy atom. The molecule has 1 aromatic carbocycles. The van der Waals surface area contributed by atoms with Crippen LogP contribution in [0.4, 0.5) is 0 Å². The molecule has 9 heteroatoms. The van der Waals surface area contributed by atoms with E-state index in [0.717, 1.165) is 7.11 Å². The van der Waals surface area contributed by atoms with Gasteiger partial charge >= 0.3 is 23.9 Å². The Morgan fingerprint density at radius 2 is 1.15 bits per heavy atom. The third-order valence-electron chi connectivity index (χ3n) is 2.23. The first-order valence-corrected chi connectivity index (χ1v) is 4.92. The second kappa shape index (κ2) is 5.80. The maximum atomic E-state index is 11.5. The quantitative estimate of drug-likeness (QED) is 0.519. The molecule has 106 valence electrons. The van der Waals surface area contributed by atoms with E-state index in [0.29, 0.717) is 12.1 Å². The van der Waals surface area contributed by atoms with E-state index in [1.807, 2.05) is 0 Å². The first-order valence-electron chi connectivity index (χ1n) is 4.92. The van der Waals surface area contributed by atoms with Crippen molar-refractivity contribution in [3.63, 3.8) is 0 Å². The minimum atomic E-state index is -1.64. The number of rotatable bonds is 5. The fourth-order valence-corrected chi connectivity index (χ4v) is 1.42. The van der Waals surface area contributed by atoms with Crippen LogP contribution in [0, 0.1) is 0 Å². The Kier molecular flexibility index (Phi) is 4.38. The van der Waals surface area contributed by atoms with Crippen LogP contribution in [0.15, 0.2) is 12.1 Å². The maximum Gasteiger partial charge on any atom is 0.373 e. The van der Waals surface area contributed by atoms with Crippen molar-refractivity contribution in [3.8, 4) is 0 Å². The summed E-state index contributed by atoms with van der Waals surface area (Å²) >= 11 is 0. The normalized spacial score (nSPS) is 9.85. The summed E-state index contributed by atoms with van der Waals surface area (Å²) in [5, 5.41) is 26.7. The van der Waals surface area contributed by atoms with E-state index >= 15 is 0 Å². The van der Waals surface area contributed by atoms with Gasteiger partial charge in [0.2, 0.25) is 0 Å². The van der Waals surface area contributed by atoms with Gasteiger partial charge in [0.25, 0.3) is 0 Å². The fraction of sp³-hybridized carbons (Fsp3) is 0.0909. The molecule has 0 radical (unpaired) electrons. The van der Waals surface area contributed by atoms with Gasteiger partial charge in [0.1, 0.15) is 0 Å². The van der Waals surface area contributed by atoms with Gasteiger partial charge in [-0.3, -0.25) is 4.89 Å². The number of carboxylic acid groups (broad SMARTS) is 3. The zero-order valence-electron chi connectivity index (χ0n) is 9.95. The standard InChI is InChI=1S/C11H8O9/c1-19-20-11(18)7-3-5(9(14)15)4(8(12)13)2-6(7)10(16)17/h2-3H,1H3,(H,12,13)(H,14,15)(H,16,17). The third kappa shape index (κ3) is 2.90. The first-order chi connectivity index (χ1) is 9.29. The van der Waals surface area contributed by atoms with Crippen molar-refractivity contribution in [2.45, 2.75) is 0 Å². The van der Waals surface area contributed by atoms with Crippen molar-refractivity contribution >= 4 is 23.9 Å². The van der Waals surface area contributed by atoms with Gasteiger partial charge in [-0.05, 0) is 12.1 Å². The molecule has 1 rings (SSSR count). The molecule has 0 bridgehead atoms. The number of carboxylic acids is 3. The molecule has 0 aliphatic rings. The molecule has 0 fully saturated rings. The minimum absolute atomic E-state index is 0.570. The van der Waals surface area contributed by atoms with Crippen molar-refractivity contribution < 1.29 is 44.3 Å². The lowest BCUT2D eigenvalue weighted by Gasteiger charge is -2.08. The summed E-state index contributed by atoms with van der Waals surface area (Å²) in [6, 6.07) is 1.18. The van der Waals surface area contributed by atoms with Crippen molar-refractivity contribution in [2.75, 3.05) is 7.11 Å². The number of carbonyl (C=O) groups excluding carboxylic acids is 1. The number of hydrogen-bond donors (Lipinski definition) is 3. The number of hydrogen-bond acceptors (Lipinski definition) is 6. The van der Waals surface area contributed by atoms with Crippen molar-refractivity contribution in [3.05, 3.63) is 34.4 Å². The highest BCUT2D eigenvalue weighted by molar-refractivity contribution is 6.09. The highest BCUT2D eigenvalue weighted by Crippen LogP contribution is 2.19. The van der Waals surface area contributed by atoms with Gasteiger partial charge in [-0.1, -0.05) is 0 Å². The monoisotopic (exact) mass is 284 g/mol. The molecular weight excluding hydrogens is 276 g/mol. The molecule has 0 heterocycles. The highest BCUT2D eigenvalue weighted by Gasteiger charge is 2.26. The second-order valence-electron chi connectivity index (χ2n) is 3.40. The molecule has 0 aromatic heterocycles. The average molecular weight is 284 g/mol. The zero-order valence-corrected chi connectivity index (χ0v) is 9.95. The van der Waals surface area contributed by atoms with Crippen molar-refractivity contribution in [2.24, 2.45) is 0 Å². The van der Waals surface area contributed by atoms with Crippen LogP contribution in [-0.4, -0.2) is 46.3 Å². The van der Waals surface area contributed by atoms with E-state index in [2.05, 4.69) is 9.78 Å². The molecule has 0 atom stereocenters. The summed E-state index contributed by atoms with van der Waals surface area (Å²) in [5.41, 5.74) is -2.86. The molecule has 0 aliphatic carbocycles. The van der Waals surface area contributed by atoms with Gasteiger partial charge < -0.3 is 15.3 Å². The van der Waals surface area contributed by atoms with Crippen LogP contribution in [0.2, 0.25) is 0 Å². The topological polar surface area (TPSA) is 147 Å². The molecule has 1 aromatic rings. The van der Waals surface area contributed by atoms with Gasteiger partial charge in [0, 0.05) is 0 Å². The van der Waals surface area contributed by atoms with Crippen LogP contribution in [0.5, 0.6) is 0 Å². The maximum absolute atomic E-state index is 11.5. The minimum Gasteiger partial charge on any atom is -0.478 e. The molecule has 9 nitrogen and oxygen atoms in total. The lowest BCUT2D eigenvalue weighted by atomic mass is 9.98. The molecular formula is C11H8O9. The lowest BCUT2D eigenvalue weighted by Crippen LogP contribution is -2.17. The largest absolute Gasteiger partial charge is 0.478 e. The van der Waals surface area contributed by atoms with E-state index in [4.69, 9.17) is 15.3 Å². The third-order valence-corrected chi connectivity index (χ3v) is 2.23. The summed E-state index contributed by atoms with van der Waals surface area (Å²) in [5.74, 6) is -6.15. The Morgan fingerprint density at radius 1 is 0.800 bits per heavy atom.